The van der Waals surface area contributed by atoms with Gasteiger partial charge in [-0.2, -0.15) is 0 Å². The van der Waals surface area contributed by atoms with Gasteiger partial charge in [0.25, 0.3) is 0 Å². The van der Waals surface area contributed by atoms with Crippen LogP contribution in [0.2, 0.25) is 0 Å². The van der Waals surface area contributed by atoms with Gasteiger partial charge in [0.05, 0.1) is 14.2 Å². The fourth-order valence-electron chi connectivity index (χ4n) is 1.30. The van der Waals surface area contributed by atoms with Crippen LogP contribution in [0.25, 0.3) is 0 Å². The monoisotopic (exact) mass is 252 g/mol. The quantitative estimate of drug-likeness (QED) is 0.421. The summed E-state index contributed by atoms with van der Waals surface area (Å²) in [4.78, 5) is 10.8. The Morgan fingerprint density at radius 1 is 1.22 bits per heavy atom. The molecule has 0 aliphatic carbocycles. The SMILES string of the molecule is C=CC(=O)OCCOc1c(OC)cccc1OC. The Hall–Kier alpha value is -2.17. The lowest BCUT2D eigenvalue weighted by Crippen LogP contribution is -2.11. The molecule has 0 bridgehead atoms. The van der Waals surface area contributed by atoms with Crippen molar-refractivity contribution in [1.82, 2.24) is 0 Å². The molecule has 1 aromatic rings. The molecule has 0 spiro atoms. The van der Waals surface area contributed by atoms with E-state index in [0.29, 0.717) is 17.2 Å². The van der Waals surface area contributed by atoms with Crippen LogP contribution in [0.15, 0.2) is 30.9 Å². The molecule has 98 valence electrons. The Kier molecular flexibility index (Phi) is 5.57. The lowest BCUT2D eigenvalue weighted by Gasteiger charge is -2.13. The van der Waals surface area contributed by atoms with E-state index in [4.69, 9.17) is 18.9 Å². The molecule has 0 aromatic heterocycles. The molecular weight excluding hydrogens is 236 g/mol. The highest BCUT2D eigenvalue weighted by molar-refractivity contribution is 5.81. The van der Waals surface area contributed by atoms with Gasteiger partial charge in [0, 0.05) is 6.08 Å². The molecule has 0 unspecified atom stereocenters. The second-order valence-corrected chi connectivity index (χ2v) is 3.21. The molecule has 0 radical (unpaired) electrons. The zero-order valence-electron chi connectivity index (χ0n) is 10.5. The summed E-state index contributed by atoms with van der Waals surface area (Å²) in [6, 6.07) is 5.31. The van der Waals surface area contributed by atoms with Crippen LogP contribution in [0.3, 0.4) is 0 Å². The van der Waals surface area contributed by atoms with Gasteiger partial charge < -0.3 is 18.9 Å². The van der Waals surface area contributed by atoms with Crippen LogP contribution in [0.5, 0.6) is 17.2 Å². The highest BCUT2D eigenvalue weighted by atomic mass is 16.6. The standard InChI is InChI=1S/C13H16O5/c1-4-12(14)17-8-9-18-13-10(15-2)6-5-7-11(13)16-3/h4-7H,1,8-9H2,2-3H3. The first-order valence-electron chi connectivity index (χ1n) is 5.36. The maximum absolute atomic E-state index is 10.8. The lowest BCUT2D eigenvalue weighted by atomic mass is 10.3. The van der Waals surface area contributed by atoms with E-state index in [9.17, 15) is 4.79 Å². The number of hydrogen-bond acceptors (Lipinski definition) is 5. The van der Waals surface area contributed by atoms with Gasteiger partial charge in [0.15, 0.2) is 11.5 Å². The van der Waals surface area contributed by atoms with Crippen molar-refractivity contribution < 1.29 is 23.7 Å². The average Bonchev–Trinajstić information content (AvgIpc) is 2.42. The van der Waals surface area contributed by atoms with E-state index >= 15 is 0 Å². The minimum atomic E-state index is -0.481. The van der Waals surface area contributed by atoms with Crippen molar-refractivity contribution >= 4 is 5.97 Å². The minimum Gasteiger partial charge on any atom is -0.493 e. The molecule has 0 aliphatic rings. The Balaban J connectivity index is 2.60. The molecule has 0 aliphatic heterocycles. The fraction of sp³-hybridized carbons (Fsp3) is 0.308. The molecule has 5 heteroatoms. The number of ether oxygens (including phenoxy) is 4. The number of benzene rings is 1. The second-order valence-electron chi connectivity index (χ2n) is 3.21. The summed E-state index contributed by atoms with van der Waals surface area (Å²) in [6.07, 6.45) is 1.10. The largest absolute Gasteiger partial charge is 0.493 e. The number of rotatable bonds is 7. The van der Waals surface area contributed by atoms with Crippen molar-refractivity contribution in [3.05, 3.63) is 30.9 Å². The topological polar surface area (TPSA) is 54.0 Å². The summed E-state index contributed by atoms with van der Waals surface area (Å²) in [5.74, 6) is 1.12. The van der Waals surface area contributed by atoms with Crippen LogP contribution >= 0.6 is 0 Å². The molecule has 0 fully saturated rings. The van der Waals surface area contributed by atoms with Gasteiger partial charge in [-0.15, -0.1) is 0 Å². The van der Waals surface area contributed by atoms with Crippen LogP contribution in [0.1, 0.15) is 0 Å². The summed E-state index contributed by atoms with van der Waals surface area (Å²) in [5.41, 5.74) is 0. The molecule has 1 rings (SSSR count). The van der Waals surface area contributed by atoms with Crippen LogP contribution in [-0.4, -0.2) is 33.4 Å². The number of para-hydroxylation sites is 1. The zero-order valence-corrected chi connectivity index (χ0v) is 10.5. The Morgan fingerprint density at radius 2 is 1.83 bits per heavy atom. The number of esters is 1. The molecule has 1 aromatic carbocycles. The molecule has 18 heavy (non-hydrogen) atoms. The smallest absolute Gasteiger partial charge is 0.330 e. The van der Waals surface area contributed by atoms with Gasteiger partial charge >= 0.3 is 5.97 Å². The molecule has 0 saturated heterocycles. The molecule has 0 amide bonds. The molecule has 0 saturated carbocycles. The molecule has 0 heterocycles. The normalized spacial score (nSPS) is 9.44. The number of carbonyl (C=O) groups excluding carboxylic acids is 1. The predicted octanol–water partition coefficient (Wildman–Crippen LogP) is 1.81. The first-order valence-corrected chi connectivity index (χ1v) is 5.36. The molecule has 0 atom stereocenters. The van der Waals surface area contributed by atoms with Crippen molar-refractivity contribution in [2.75, 3.05) is 27.4 Å². The van der Waals surface area contributed by atoms with E-state index in [-0.39, 0.29) is 13.2 Å². The maximum Gasteiger partial charge on any atom is 0.330 e. The Bertz CT molecular complexity index is 392. The Morgan fingerprint density at radius 3 is 2.33 bits per heavy atom. The Labute approximate surface area is 106 Å². The van der Waals surface area contributed by atoms with E-state index < -0.39 is 5.97 Å². The number of hydrogen-bond donors (Lipinski definition) is 0. The zero-order chi connectivity index (χ0) is 13.4. The van der Waals surface area contributed by atoms with E-state index in [0.717, 1.165) is 6.08 Å². The third kappa shape index (κ3) is 3.69. The van der Waals surface area contributed by atoms with Crippen LogP contribution in [0, 0.1) is 0 Å². The van der Waals surface area contributed by atoms with Crippen molar-refractivity contribution in [2.45, 2.75) is 0 Å². The predicted molar refractivity (Wildman–Crippen MR) is 66.2 cm³/mol. The fourth-order valence-corrected chi connectivity index (χ4v) is 1.30. The summed E-state index contributed by atoms with van der Waals surface area (Å²) in [5, 5.41) is 0. The third-order valence-electron chi connectivity index (χ3n) is 2.12. The summed E-state index contributed by atoms with van der Waals surface area (Å²) in [6.45, 7) is 3.63. The maximum atomic E-state index is 10.8. The van der Waals surface area contributed by atoms with Gasteiger partial charge in [0.1, 0.15) is 13.2 Å². The van der Waals surface area contributed by atoms with Crippen molar-refractivity contribution in [3.63, 3.8) is 0 Å². The van der Waals surface area contributed by atoms with Gasteiger partial charge in [0.2, 0.25) is 5.75 Å². The van der Waals surface area contributed by atoms with Crippen molar-refractivity contribution in [1.29, 1.82) is 0 Å². The van der Waals surface area contributed by atoms with Crippen LogP contribution in [-0.2, 0) is 9.53 Å². The first kappa shape index (κ1) is 13.9. The van der Waals surface area contributed by atoms with Gasteiger partial charge in [-0.05, 0) is 12.1 Å². The molecule has 0 N–H and O–H groups in total. The van der Waals surface area contributed by atoms with Gasteiger partial charge in [-0.3, -0.25) is 0 Å². The summed E-state index contributed by atoms with van der Waals surface area (Å²) < 4.78 is 20.6. The number of carbonyl (C=O) groups is 1. The van der Waals surface area contributed by atoms with E-state index in [2.05, 4.69) is 6.58 Å². The minimum absolute atomic E-state index is 0.131. The van der Waals surface area contributed by atoms with Crippen molar-refractivity contribution in [2.24, 2.45) is 0 Å². The summed E-state index contributed by atoms with van der Waals surface area (Å²) >= 11 is 0. The van der Waals surface area contributed by atoms with Gasteiger partial charge in [-0.1, -0.05) is 12.6 Å². The third-order valence-corrected chi connectivity index (χ3v) is 2.12. The van der Waals surface area contributed by atoms with E-state index in [1.54, 1.807) is 32.4 Å². The lowest BCUT2D eigenvalue weighted by molar-refractivity contribution is -0.138. The number of methoxy groups -OCH3 is 2. The van der Waals surface area contributed by atoms with E-state index in [1.807, 2.05) is 0 Å². The molecule has 5 nitrogen and oxygen atoms in total. The summed E-state index contributed by atoms with van der Waals surface area (Å²) in [7, 11) is 3.08. The van der Waals surface area contributed by atoms with E-state index in [1.165, 1.54) is 0 Å². The highest BCUT2D eigenvalue weighted by Gasteiger charge is 2.11. The van der Waals surface area contributed by atoms with Crippen LogP contribution in [0.4, 0.5) is 0 Å². The van der Waals surface area contributed by atoms with Crippen molar-refractivity contribution in [3.8, 4) is 17.2 Å². The average molecular weight is 252 g/mol. The second kappa shape index (κ2) is 7.21. The van der Waals surface area contributed by atoms with Crippen LogP contribution < -0.4 is 14.2 Å². The highest BCUT2D eigenvalue weighted by Crippen LogP contribution is 2.36. The molecular formula is C13H16O5. The first-order chi connectivity index (χ1) is 8.72. The van der Waals surface area contributed by atoms with Gasteiger partial charge in [-0.25, -0.2) is 4.79 Å².